The molecule has 2 N–H and O–H groups in total. The van der Waals surface area contributed by atoms with E-state index in [0.717, 1.165) is 0 Å². The number of rotatable bonds is 6. The van der Waals surface area contributed by atoms with Crippen molar-refractivity contribution < 1.29 is 22.8 Å². The second-order valence-corrected chi connectivity index (χ2v) is 8.10. The number of carbonyl (C=O) groups is 3. The van der Waals surface area contributed by atoms with E-state index in [0.29, 0.717) is 11.3 Å². The fourth-order valence-electron chi connectivity index (χ4n) is 2.62. The van der Waals surface area contributed by atoms with Gasteiger partial charge >= 0.3 is 0 Å². The molecule has 0 aliphatic carbocycles. The molecule has 1 aliphatic rings. The fourth-order valence-corrected chi connectivity index (χ4v) is 3.96. The number of hydrogen-bond donors (Lipinski definition) is 2. The smallest absolute Gasteiger partial charge is 0.259 e. The summed E-state index contributed by atoms with van der Waals surface area (Å²) in [4.78, 5) is 35.1. The zero-order valence-electron chi connectivity index (χ0n) is 13.7. The second kappa shape index (κ2) is 7.09. The summed E-state index contributed by atoms with van der Waals surface area (Å²) in [6.45, 7) is 0. The highest BCUT2D eigenvalue weighted by Crippen LogP contribution is 2.20. The lowest BCUT2D eigenvalue weighted by Crippen LogP contribution is -2.20. The molecule has 26 heavy (non-hydrogen) atoms. The Labute approximate surface area is 150 Å². The number of nitrogens with one attached hydrogen (secondary N) is 2. The first-order valence-electron chi connectivity index (χ1n) is 7.88. The highest BCUT2D eigenvalue weighted by atomic mass is 32.2. The van der Waals surface area contributed by atoms with Crippen molar-refractivity contribution in [3.8, 4) is 0 Å². The van der Waals surface area contributed by atoms with Crippen LogP contribution in [0.4, 0.5) is 5.69 Å². The van der Waals surface area contributed by atoms with Gasteiger partial charge in [-0.3, -0.25) is 19.7 Å². The highest BCUT2D eigenvalue weighted by Gasteiger charge is 2.26. The summed E-state index contributed by atoms with van der Waals surface area (Å²) in [6.07, 6.45) is -0.197. The van der Waals surface area contributed by atoms with Crippen LogP contribution in [0.2, 0.25) is 0 Å². The largest absolute Gasteiger partial charge is 0.326 e. The summed E-state index contributed by atoms with van der Waals surface area (Å²) >= 11 is 0. The van der Waals surface area contributed by atoms with Crippen molar-refractivity contribution in [1.82, 2.24) is 5.32 Å². The van der Waals surface area contributed by atoms with Gasteiger partial charge in [-0.2, -0.15) is 0 Å². The normalized spacial score (nSPS) is 13.2. The van der Waals surface area contributed by atoms with E-state index < -0.39 is 27.6 Å². The number of fused-ring (bicyclic) bond motifs is 1. The van der Waals surface area contributed by atoms with Gasteiger partial charge in [0.1, 0.15) is 0 Å². The predicted molar refractivity (Wildman–Crippen MR) is 95.4 cm³/mol. The van der Waals surface area contributed by atoms with Crippen LogP contribution in [0.15, 0.2) is 48.5 Å². The van der Waals surface area contributed by atoms with Gasteiger partial charge in [-0.05, 0) is 23.8 Å². The van der Waals surface area contributed by atoms with Crippen LogP contribution in [-0.2, 0) is 20.4 Å². The van der Waals surface area contributed by atoms with E-state index in [-0.39, 0.29) is 29.1 Å². The molecule has 3 amide bonds. The standard InChI is InChI=1S/C18H16N2O5S/c21-16(8-9-26(24,25)11-12-4-2-1-3-5-12)19-13-6-7-14-15(10-13)18(23)20-17(14)22/h1-7,10H,8-9,11H2,(H,19,21)(H,20,22,23). The molecule has 2 aromatic rings. The van der Waals surface area contributed by atoms with Crippen molar-refractivity contribution in [2.75, 3.05) is 11.1 Å². The van der Waals surface area contributed by atoms with Crippen molar-refractivity contribution in [1.29, 1.82) is 0 Å². The van der Waals surface area contributed by atoms with Crippen LogP contribution >= 0.6 is 0 Å². The lowest BCUT2D eigenvalue weighted by atomic mass is 10.1. The van der Waals surface area contributed by atoms with Crippen molar-refractivity contribution in [2.24, 2.45) is 0 Å². The number of amides is 3. The van der Waals surface area contributed by atoms with Crippen molar-refractivity contribution in [3.05, 3.63) is 65.2 Å². The molecule has 0 saturated carbocycles. The summed E-state index contributed by atoms with van der Waals surface area (Å²) in [6, 6.07) is 13.1. The van der Waals surface area contributed by atoms with Gasteiger partial charge in [0.15, 0.2) is 9.84 Å². The second-order valence-electron chi connectivity index (χ2n) is 5.92. The van der Waals surface area contributed by atoms with Crippen LogP contribution in [0.25, 0.3) is 0 Å². The number of imide groups is 1. The molecular weight excluding hydrogens is 356 g/mol. The van der Waals surface area contributed by atoms with Crippen LogP contribution in [0.1, 0.15) is 32.7 Å². The number of benzene rings is 2. The van der Waals surface area contributed by atoms with Crippen LogP contribution in [-0.4, -0.2) is 31.9 Å². The zero-order chi connectivity index (χ0) is 18.7. The lowest BCUT2D eigenvalue weighted by Gasteiger charge is -2.07. The minimum atomic E-state index is -3.42. The summed E-state index contributed by atoms with van der Waals surface area (Å²) < 4.78 is 24.2. The van der Waals surface area contributed by atoms with Crippen LogP contribution in [0.3, 0.4) is 0 Å². The van der Waals surface area contributed by atoms with E-state index in [2.05, 4.69) is 10.6 Å². The summed E-state index contributed by atoms with van der Waals surface area (Å²) in [5.41, 5.74) is 1.43. The highest BCUT2D eigenvalue weighted by molar-refractivity contribution is 7.90. The molecule has 0 fully saturated rings. The molecule has 7 nitrogen and oxygen atoms in total. The molecule has 0 radical (unpaired) electrons. The van der Waals surface area contributed by atoms with Crippen molar-refractivity contribution in [2.45, 2.75) is 12.2 Å². The quantitative estimate of drug-likeness (QED) is 0.747. The lowest BCUT2D eigenvalue weighted by molar-refractivity contribution is -0.115. The molecule has 3 rings (SSSR count). The van der Waals surface area contributed by atoms with E-state index in [1.54, 1.807) is 30.3 Å². The molecule has 134 valence electrons. The maximum absolute atomic E-state index is 12.1. The predicted octanol–water partition coefficient (Wildman–Crippen LogP) is 1.51. The SMILES string of the molecule is O=C(CCS(=O)(=O)Cc1ccccc1)Nc1ccc2c(c1)C(=O)NC2=O. The molecular formula is C18H16N2O5S. The van der Waals surface area contributed by atoms with Gasteiger partial charge in [0.25, 0.3) is 11.8 Å². The summed E-state index contributed by atoms with van der Waals surface area (Å²) in [5, 5.41) is 4.71. The van der Waals surface area contributed by atoms with Gasteiger partial charge in [0.05, 0.1) is 22.6 Å². The monoisotopic (exact) mass is 372 g/mol. The van der Waals surface area contributed by atoms with Crippen LogP contribution in [0.5, 0.6) is 0 Å². The third-order valence-electron chi connectivity index (χ3n) is 3.89. The van der Waals surface area contributed by atoms with Crippen molar-refractivity contribution in [3.63, 3.8) is 0 Å². The average Bonchev–Trinajstić information content (AvgIpc) is 2.88. The molecule has 2 aromatic carbocycles. The number of hydrogen-bond acceptors (Lipinski definition) is 5. The Hall–Kier alpha value is -3.00. The molecule has 0 bridgehead atoms. The zero-order valence-corrected chi connectivity index (χ0v) is 14.5. The van der Waals surface area contributed by atoms with Crippen molar-refractivity contribution >= 4 is 33.2 Å². The first-order valence-corrected chi connectivity index (χ1v) is 9.70. The Morgan fingerprint density at radius 1 is 0.962 bits per heavy atom. The molecule has 0 aromatic heterocycles. The number of sulfone groups is 1. The molecule has 0 unspecified atom stereocenters. The molecule has 0 atom stereocenters. The van der Waals surface area contributed by atoms with Gasteiger partial charge in [-0.25, -0.2) is 8.42 Å². The van der Waals surface area contributed by atoms with Gasteiger partial charge < -0.3 is 5.32 Å². The maximum atomic E-state index is 12.1. The number of carbonyl (C=O) groups excluding carboxylic acids is 3. The molecule has 0 spiro atoms. The van der Waals surface area contributed by atoms with E-state index >= 15 is 0 Å². The topological polar surface area (TPSA) is 109 Å². The Kier molecular flexibility index (Phi) is 4.85. The van der Waals surface area contributed by atoms with Gasteiger partial charge in [0.2, 0.25) is 5.91 Å². The Bertz CT molecular complexity index is 984. The minimum absolute atomic E-state index is 0.123. The summed E-state index contributed by atoms with van der Waals surface area (Å²) in [5.74, 6) is -1.88. The molecule has 8 heteroatoms. The molecule has 0 saturated heterocycles. The van der Waals surface area contributed by atoms with E-state index in [4.69, 9.17) is 0 Å². The maximum Gasteiger partial charge on any atom is 0.259 e. The third kappa shape index (κ3) is 4.15. The van der Waals surface area contributed by atoms with Gasteiger partial charge in [-0.15, -0.1) is 0 Å². The molecule has 1 heterocycles. The van der Waals surface area contributed by atoms with Crippen LogP contribution in [0, 0.1) is 0 Å². The van der Waals surface area contributed by atoms with E-state index in [1.807, 2.05) is 0 Å². The Morgan fingerprint density at radius 2 is 1.65 bits per heavy atom. The first kappa shape index (κ1) is 17.8. The minimum Gasteiger partial charge on any atom is -0.326 e. The van der Waals surface area contributed by atoms with Gasteiger partial charge in [0, 0.05) is 12.1 Å². The Balaban J connectivity index is 1.59. The Morgan fingerprint density at radius 3 is 2.38 bits per heavy atom. The third-order valence-corrected chi connectivity index (χ3v) is 5.49. The van der Waals surface area contributed by atoms with Gasteiger partial charge in [-0.1, -0.05) is 30.3 Å². The average molecular weight is 372 g/mol. The molecule has 1 aliphatic heterocycles. The summed E-state index contributed by atoms with van der Waals surface area (Å²) in [7, 11) is -3.42. The van der Waals surface area contributed by atoms with E-state index in [9.17, 15) is 22.8 Å². The van der Waals surface area contributed by atoms with Crippen LogP contribution < -0.4 is 10.6 Å². The number of anilines is 1. The fraction of sp³-hybridized carbons (Fsp3) is 0.167. The first-order chi connectivity index (χ1) is 12.3. The van der Waals surface area contributed by atoms with E-state index in [1.165, 1.54) is 18.2 Å².